The Labute approximate surface area is 135 Å². The molecule has 23 heavy (non-hydrogen) atoms. The summed E-state index contributed by atoms with van der Waals surface area (Å²) in [7, 11) is 1.51. The van der Waals surface area contributed by atoms with E-state index in [2.05, 4.69) is 17.1 Å². The highest BCUT2D eigenvalue weighted by molar-refractivity contribution is 5.96. The van der Waals surface area contributed by atoms with Gasteiger partial charge in [-0.2, -0.15) is 5.06 Å². The maximum Gasteiger partial charge on any atom is 0.224 e. The third-order valence-corrected chi connectivity index (χ3v) is 4.03. The average molecular weight is 312 g/mol. The summed E-state index contributed by atoms with van der Waals surface area (Å²) in [5, 5.41) is 1.94. The van der Waals surface area contributed by atoms with Gasteiger partial charge in [-0.3, -0.25) is 9.63 Å². The van der Waals surface area contributed by atoms with Crippen molar-refractivity contribution >= 4 is 5.78 Å². The molecule has 1 aromatic carbocycles. The van der Waals surface area contributed by atoms with Crippen molar-refractivity contribution in [3.63, 3.8) is 0 Å². The van der Waals surface area contributed by atoms with E-state index in [1.54, 1.807) is 12.3 Å². The van der Waals surface area contributed by atoms with Gasteiger partial charge in [0, 0.05) is 24.8 Å². The molecule has 0 aliphatic carbocycles. The van der Waals surface area contributed by atoms with Crippen molar-refractivity contribution < 1.29 is 14.4 Å². The lowest BCUT2D eigenvalue weighted by Gasteiger charge is -2.21. The number of pyridine rings is 1. The maximum absolute atomic E-state index is 11.7. The van der Waals surface area contributed by atoms with E-state index in [1.807, 2.05) is 24.1 Å². The number of methoxy groups -OCH3 is 1. The van der Waals surface area contributed by atoms with Crippen LogP contribution in [-0.4, -0.2) is 22.9 Å². The molecule has 1 aromatic heterocycles. The predicted molar refractivity (Wildman–Crippen MR) is 86.0 cm³/mol. The topological polar surface area (TPSA) is 51.7 Å². The van der Waals surface area contributed by atoms with Crippen LogP contribution >= 0.6 is 0 Å². The molecule has 0 fully saturated rings. The number of benzene rings is 1. The van der Waals surface area contributed by atoms with Crippen LogP contribution < -0.4 is 4.74 Å². The molecule has 2 heterocycles. The van der Waals surface area contributed by atoms with E-state index in [-0.39, 0.29) is 11.9 Å². The zero-order chi connectivity index (χ0) is 16.4. The summed E-state index contributed by atoms with van der Waals surface area (Å²) in [6.45, 7) is 5.00. The van der Waals surface area contributed by atoms with Gasteiger partial charge < -0.3 is 4.74 Å². The van der Waals surface area contributed by atoms with Gasteiger partial charge in [-0.05, 0) is 31.0 Å². The van der Waals surface area contributed by atoms with Gasteiger partial charge in [-0.1, -0.05) is 24.3 Å². The molecule has 1 aliphatic heterocycles. The van der Waals surface area contributed by atoms with Gasteiger partial charge in [0.25, 0.3) is 0 Å². The van der Waals surface area contributed by atoms with Crippen molar-refractivity contribution in [2.24, 2.45) is 0 Å². The molecule has 5 heteroatoms. The van der Waals surface area contributed by atoms with E-state index in [0.29, 0.717) is 11.4 Å². The number of rotatable bonds is 5. The monoisotopic (exact) mass is 312 g/mol. The highest BCUT2D eigenvalue weighted by Gasteiger charge is 2.22. The van der Waals surface area contributed by atoms with E-state index < -0.39 is 0 Å². The molecular weight excluding hydrogens is 292 g/mol. The molecule has 0 bridgehead atoms. The Morgan fingerprint density at radius 1 is 1.26 bits per heavy atom. The van der Waals surface area contributed by atoms with Crippen LogP contribution in [0.3, 0.4) is 0 Å². The average Bonchev–Trinajstić information content (AvgIpc) is 2.96. The number of hydrogen-bond donors (Lipinski definition) is 0. The van der Waals surface area contributed by atoms with Gasteiger partial charge in [0.05, 0.1) is 12.7 Å². The first-order valence-corrected chi connectivity index (χ1v) is 7.62. The van der Waals surface area contributed by atoms with Gasteiger partial charge in [0.2, 0.25) is 5.88 Å². The van der Waals surface area contributed by atoms with Crippen LogP contribution in [0.15, 0.2) is 36.5 Å². The molecule has 0 saturated carbocycles. The Morgan fingerprint density at radius 3 is 2.48 bits per heavy atom. The second-order valence-electron chi connectivity index (χ2n) is 5.70. The molecule has 1 unspecified atom stereocenters. The van der Waals surface area contributed by atoms with Crippen molar-refractivity contribution in [1.29, 1.82) is 0 Å². The zero-order valence-electron chi connectivity index (χ0n) is 13.6. The van der Waals surface area contributed by atoms with Gasteiger partial charge in [-0.15, -0.1) is 0 Å². The molecule has 2 aromatic rings. The second-order valence-corrected chi connectivity index (χ2v) is 5.70. The summed E-state index contributed by atoms with van der Waals surface area (Å²) in [4.78, 5) is 22.0. The van der Waals surface area contributed by atoms with E-state index in [9.17, 15) is 4.79 Å². The number of carbonyl (C=O) groups excluding carboxylic acids is 1. The molecule has 0 N–H and O–H groups in total. The summed E-state index contributed by atoms with van der Waals surface area (Å²) in [5.74, 6) is 0.277. The number of Topliss-reactive ketones (excluding diaryl/α,β-unsaturated/α-hetero) is 1. The zero-order valence-corrected chi connectivity index (χ0v) is 13.6. The molecular formula is C18H20N2O3. The minimum Gasteiger partial charge on any atom is -0.480 e. The van der Waals surface area contributed by atoms with Crippen LogP contribution in [0.2, 0.25) is 0 Å². The first-order valence-electron chi connectivity index (χ1n) is 7.62. The largest absolute Gasteiger partial charge is 0.480 e. The molecule has 1 atom stereocenters. The quantitative estimate of drug-likeness (QED) is 0.793. The summed E-state index contributed by atoms with van der Waals surface area (Å²) in [6, 6.07) is 10.1. The standard InChI is InChI=1S/C18H20N2O3/c1-12(21)17-8-16(9-19-18(17)22-3)13(2)23-20-10-14-6-4-5-7-15(14)11-20/h4-9,13H,10-11H2,1-3H3. The highest BCUT2D eigenvalue weighted by Crippen LogP contribution is 2.28. The normalized spacial score (nSPS) is 15.3. The van der Waals surface area contributed by atoms with E-state index in [1.165, 1.54) is 25.2 Å². The molecule has 5 nitrogen and oxygen atoms in total. The highest BCUT2D eigenvalue weighted by atomic mass is 16.7. The smallest absolute Gasteiger partial charge is 0.224 e. The molecule has 3 rings (SSSR count). The number of hydrogen-bond acceptors (Lipinski definition) is 5. The Balaban J connectivity index is 1.73. The lowest BCUT2D eigenvalue weighted by molar-refractivity contribution is -0.202. The van der Waals surface area contributed by atoms with E-state index in [0.717, 1.165) is 18.7 Å². The summed E-state index contributed by atoms with van der Waals surface area (Å²) in [5.41, 5.74) is 3.91. The van der Waals surface area contributed by atoms with Crippen LogP contribution in [0.25, 0.3) is 0 Å². The first kappa shape index (κ1) is 15.6. The van der Waals surface area contributed by atoms with Crippen molar-refractivity contribution in [3.05, 3.63) is 58.8 Å². The minimum atomic E-state index is -0.194. The third-order valence-electron chi connectivity index (χ3n) is 4.03. The number of aromatic nitrogens is 1. The van der Waals surface area contributed by atoms with Crippen molar-refractivity contribution in [1.82, 2.24) is 10.0 Å². The number of fused-ring (bicyclic) bond motifs is 1. The molecule has 0 radical (unpaired) electrons. The van der Waals surface area contributed by atoms with Crippen LogP contribution in [0.4, 0.5) is 0 Å². The fraction of sp³-hybridized carbons (Fsp3) is 0.333. The fourth-order valence-corrected chi connectivity index (χ4v) is 2.77. The fourth-order valence-electron chi connectivity index (χ4n) is 2.77. The van der Waals surface area contributed by atoms with Crippen molar-refractivity contribution in [3.8, 4) is 5.88 Å². The Bertz CT molecular complexity index is 705. The lowest BCUT2D eigenvalue weighted by atomic mass is 10.1. The minimum absolute atomic E-state index is 0.0722. The number of carbonyl (C=O) groups is 1. The van der Waals surface area contributed by atoms with Crippen molar-refractivity contribution in [2.75, 3.05) is 7.11 Å². The van der Waals surface area contributed by atoms with Crippen molar-refractivity contribution in [2.45, 2.75) is 33.0 Å². The van der Waals surface area contributed by atoms with Crippen LogP contribution in [0.1, 0.15) is 47.0 Å². The summed E-state index contributed by atoms with van der Waals surface area (Å²) in [6.07, 6.45) is 1.50. The Morgan fingerprint density at radius 2 is 1.91 bits per heavy atom. The maximum atomic E-state index is 11.7. The van der Waals surface area contributed by atoms with Crippen LogP contribution in [-0.2, 0) is 17.9 Å². The number of nitrogens with zero attached hydrogens (tertiary/aromatic N) is 2. The SMILES string of the molecule is COc1ncc(C(C)ON2Cc3ccccc3C2)cc1C(C)=O. The van der Waals surface area contributed by atoms with Gasteiger partial charge >= 0.3 is 0 Å². The van der Waals surface area contributed by atoms with Crippen LogP contribution in [0.5, 0.6) is 5.88 Å². The summed E-state index contributed by atoms with van der Waals surface area (Å²) >= 11 is 0. The number of ketones is 1. The van der Waals surface area contributed by atoms with Gasteiger partial charge in [-0.25, -0.2) is 4.98 Å². The van der Waals surface area contributed by atoms with Crippen LogP contribution in [0, 0.1) is 0 Å². The molecule has 120 valence electrons. The third kappa shape index (κ3) is 3.25. The summed E-state index contributed by atoms with van der Waals surface area (Å²) < 4.78 is 5.13. The second kappa shape index (κ2) is 6.48. The Hall–Kier alpha value is -2.24. The number of hydroxylamine groups is 2. The lowest BCUT2D eigenvalue weighted by Crippen LogP contribution is -2.19. The molecule has 1 aliphatic rings. The number of ether oxygens (including phenoxy) is 1. The molecule has 0 saturated heterocycles. The molecule has 0 spiro atoms. The predicted octanol–water partition coefficient (Wildman–Crippen LogP) is 3.30. The van der Waals surface area contributed by atoms with Gasteiger partial charge in [0.1, 0.15) is 6.10 Å². The van der Waals surface area contributed by atoms with E-state index >= 15 is 0 Å². The van der Waals surface area contributed by atoms with Gasteiger partial charge in [0.15, 0.2) is 5.78 Å². The van der Waals surface area contributed by atoms with E-state index in [4.69, 9.17) is 9.57 Å². The Kier molecular flexibility index (Phi) is 4.41. The first-order chi connectivity index (χ1) is 11.1. The molecule has 0 amide bonds.